The molecule has 0 aromatic heterocycles. The third kappa shape index (κ3) is 9.27. The Morgan fingerprint density at radius 2 is 1.46 bits per heavy atom. The molecular weight excluding hydrogens is 512 g/mol. The highest BCUT2D eigenvalue weighted by Gasteiger charge is 2.33. The Morgan fingerprint density at radius 1 is 0.927 bits per heavy atom. The van der Waals surface area contributed by atoms with Gasteiger partial charge in [0, 0.05) is 49.5 Å². The number of carbonyl (C=O) groups excluding carboxylic acids is 2. The Balaban J connectivity index is 1.63. The van der Waals surface area contributed by atoms with Crippen LogP contribution in [0.15, 0.2) is 35.9 Å². The van der Waals surface area contributed by atoms with Gasteiger partial charge >= 0.3 is 11.9 Å². The lowest BCUT2D eigenvalue weighted by Crippen LogP contribution is -2.21. The van der Waals surface area contributed by atoms with Gasteiger partial charge < -0.3 is 19.3 Å². The highest BCUT2D eigenvalue weighted by atomic mass is 16.5. The maximum atomic E-state index is 13.2. The smallest absolute Gasteiger partial charge is 0.311 e. The van der Waals surface area contributed by atoms with Gasteiger partial charge in [-0.15, -0.1) is 0 Å². The minimum absolute atomic E-state index is 0.0585. The van der Waals surface area contributed by atoms with Crippen LogP contribution in [-0.2, 0) is 16.0 Å². The lowest BCUT2D eigenvalue weighted by atomic mass is 9.73. The van der Waals surface area contributed by atoms with Gasteiger partial charge in [-0.2, -0.15) is 0 Å². The van der Waals surface area contributed by atoms with Gasteiger partial charge in [0.15, 0.2) is 0 Å². The summed E-state index contributed by atoms with van der Waals surface area (Å²) >= 11 is 0. The van der Waals surface area contributed by atoms with Crippen molar-refractivity contribution in [2.75, 3.05) is 27.2 Å². The first-order valence-electron chi connectivity index (χ1n) is 16.0. The van der Waals surface area contributed by atoms with Crippen molar-refractivity contribution in [1.82, 2.24) is 9.80 Å². The molecule has 3 aliphatic rings. The predicted molar refractivity (Wildman–Crippen MR) is 166 cm³/mol. The zero-order valence-electron chi connectivity index (χ0n) is 26.2. The molecule has 4 unspecified atom stereocenters. The largest absolute Gasteiger partial charge is 0.426 e. The fourth-order valence-electron chi connectivity index (χ4n) is 6.29. The Kier molecular flexibility index (Phi) is 11.2. The number of hydrogen-bond acceptors (Lipinski definition) is 6. The summed E-state index contributed by atoms with van der Waals surface area (Å²) in [7, 11) is 4.23. The molecule has 0 saturated carbocycles. The van der Waals surface area contributed by atoms with Crippen LogP contribution in [0.1, 0.15) is 108 Å². The first-order chi connectivity index (χ1) is 19.7. The van der Waals surface area contributed by atoms with E-state index in [0.717, 1.165) is 94.0 Å². The molecule has 1 aromatic carbocycles. The number of aryl methyl sites for hydroxylation is 1. The van der Waals surface area contributed by atoms with Gasteiger partial charge in [-0.3, -0.25) is 9.59 Å². The summed E-state index contributed by atoms with van der Waals surface area (Å²) in [5.74, 6) is 0.811. The highest BCUT2D eigenvalue weighted by Crippen LogP contribution is 2.47. The van der Waals surface area contributed by atoms with E-state index in [1.165, 1.54) is 5.57 Å². The fraction of sp³-hybridized carbons (Fsp3) is 0.657. The van der Waals surface area contributed by atoms with Gasteiger partial charge in [0.05, 0.1) is 0 Å². The monoisotopic (exact) mass is 564 g/mol. The van der Waals surface area contributed by atoms with Crippen LogP contribution < -0.4 is 9.47 Å². The Labute approximate surface area is 248 Å². The number of benzene rings is 1. The number of unbranched alkanes of at least 4 members (excludes halogenated alkanes) is 2. The number of ether oxygens (including phenoxy) is 2. The number of allylic oxidation sites excluding steroid dienone is 3. The van der Waals surface area contributed by atoms with Crippen LogP contribution in [0.25, 0.3) is 0 Å². The standard InChI is InChI=1S/C35H52N2O4/c1-7-8-9-12-26-20-31(40-33(38)15-10-13-27-22-36(27)5)35(30-19-25(4)17-18-29(30)24(2)3)32(21-26)41-34(39)16-11-14-28-23-37(28)6/h19-21,27-30H,2,7-18,22-23H2,1,3-6H3/t27?,28?,29-,30+,36?,37?/m0/s1. The van der Waals surface area contributed by atoms with Crippen molar-refractivity contribution in [3.63, 3.8) is 0 Å². The summed E-state index contributed by atoms with van der Waals surface area (Å²) in [5.41, 5.74) is 4.27. The summed E-state index contributed by atoms with van der Waals surface area (Å²) in [5, 5.41) is 0. The highest BCUT2D eigenvalue weighted by molar-refractivity contribution is 5.76. The summed E-state index contributed by atoms with van der Waals surface area (Å²) in [4.78, 5) is 30.9. The summed E-state index contributed by atoms with van der Waals surface area (Å²) in [6, 6.07) is 5.26. The second-order valence-electron chi connectivity index (χ2n) is 12.9. The molecule has 2 saturated heterocycles. The third-order valence-corrected chi connectivity index (χ3v) is 9.21. The van der Waals surface area contributed by atoms with E-state index >= 15 is 0 Å². The molecule has 226 valence electrons. The SMILES string of the molecule is C=C(C)[C@@H]1CCC(C)=C[C@H]1c1c(OC(=O)CCCC2CN2C)cc(CCCCC)cc1OC(=O)CCCC1CN1C. The van der Waals surface area contributed by atoms with Gasteiger partial charge in [0.1, 0.15) is 11.5 Å². The predicted octanol–water partition coefficient (Wildman–Crippen LogP) is 7.21. The summed E-state index contributed by atoms with van der Waals surface area (Å²) in [6.45, 7) is 13.0. The van der Waals surface area contributed by atoms with E-state index in [9.17, 15) is 9.59 Å². The van der Waals surface area contributed by atoms with Gasteiger partial charge in [0.25, 0.3) is 0 Å². The molecule has 0 amide bonds. The zero-order valence-corrected chi connectivity index (χ0v) is 26.2. The van der Waals surface area contributed by atoms with Crippen LogP contribution in [0.2, 0.25) is 0 Å². The van der Waals surface area contributed by atoms with Crippen LogP contribution in [0.4, 0.5) is 0 Å². The number of hydrogen-bond donors (Lipinski definition) is 0. The van der Waals surface area contributed by atoms with Gasteiger partial charge in [-0.05, 0) is 103 Å². The number of rotatable bonds is 16. The van der Waals surface area contributed by atoms with Crippen LogP contribution in [0, 0.1) is 5.92 Å². The molecule has 6 nitrogen and oxygen atoms in total. The van der Waals surface area contributed by atoms with Crippen LogP contribution in [0.3, 0.4) is 0 Å². The molecule has 2 fully saturated rings. The first kappa shape index (κ1) is 31.5. The van der Waals surface area contributed by atoms with E-state index in [1.807, 2.05) is 12.1 Å². The number of nitrogens with zero attached hydrogens (tertiary/aromatic N) is 2. The molecule has 0 bridgehead atoms. The molecular formula is C35H52N2O4. The second kappa shape index (κ2) is 14.6. The number of likely N-dealkylation sites (N-methyl/N-ethyl adjacent to an activating group) is 2. The van der Waals surface area contributed by atoms with Crippen LogP contribution >= 0.6 is 0 Å². The molecule has 0 spiro atoms. The van der Waals surface area contributed by atoms with Gasteiger partial charge in [0.2, 0.25) is 0 Å². The molecule has 0 radical (unpaired) electrons. The van der Waals surface area contributed by atoms with E-state index in [0.29, 0.717) is 36.4 Å². The van der Waals surface area contributed by atoms with Crippen molar-refractivity contribution in [3.05, 3.63) is 47.1 Å². The van der Waals surface area contributed by atoms with E-state index < -0.39 is 0 Å². The molecule has 2 heterocycles. The molecule has 6 atom stereocenters. The molecule has 2 aliphatic heterocycles. The molecule has 41 heavy (non-hydrogen) atoms. The molecule has 1 aliphatic carbocycles. The van der Waals surface area contributed by atoms with Crippen molar-refractivity contribution in [1.29, 1.82) is 0 Å². The Bertz CT molecular complexity index is 1070. The molecule has 0 N–H and O–H groups in total. The Hall–Kier alpha value is -2.44. The number of esters is 2. The lowest BCUT2D eigenvalue weighted by Gasteiger charge is -2.32. The van der Waals surface area contributed by atoms with E-state index in [1.54, 1.807) is 0 Å². The van der Waals surface area contributed by atoms with Crippen molar-refractivity contribution in [2.24, 2.45) is 5.92 Å². The molecule has 4 rings (SSSR count). The quantitative estimate of drug-likeness (QED) is 0.0695. The molecule has 6 heteroatoms. The third-order valence-electron chi connectivity index (χ3n) is 9.21. The average Bonchev–Trinajstić information content (AvgIpc) is 3.81. The topological polar surface area (TPSA) is 58.6 Å². The van der Waals surface area contributed by atoms with Crippen molar-refractivity contribution in [2.45, 2.75) is 116 Å². The minimum atomic E-state index is -0.213. The normalized spacial score (nSPS) is 26.7. The van der Waals surface area contributed by atoms with Crippen LogP contribution in [0.5, 0.6) is 11.5 Å². The van der Waals surface area contributed by atoms with Crippen molar-refractivity contribution >= 4 is 11.9 Å². The number of carbonyl (C=O) groups is 2. The average molecular weight is 565 g/mol. The first-order valence-corrected chi connectivity index (χ1v) is 16.0. The summed E-state index contributed by atoms with van der Waals surface area (Å²) < 4.78 is 12.4. The fourth-order valence-corrected chi connectivity index (χ4v) is 6.29. The maximum Gasteiger partial charge on any atom is 0.311 e. The van der Waals surface area contributed by atoms with Crippen molar-refractivity contribution in [3.8, 4) is 11.5 Å². The minimum Gasteiger partial charge on any atom is -0.426 e. The van der Waals surface area contributed by atoms with Crippen LogP contribution in [-0.4, -0.2) is 61.0 Å². The zero-order chi connectivity index (χ0) is 29.5. The van der Waals surface area contributed by atoms with Gasteiger partial charge in [-0.1, -0.05) is 43.6 Å². The second-order valence-corrected chi connectivity index (χ2v) is 12.9. The summed E-state index contributed by atoms with van der Waals surface area (Å²) in [6.07, 6.45) is 12.8. The Morgan fingerprint density at radius 3 is 1.93 bits per heavy atom. The van der Waals surface area contributed by atoms with E-state index in [2.05, 4.69) is 57.3 Å². The van der Waals surface area contributed by atoms with Crippen molar-refractivity contribution < 1.29 is 19.1 Å². The molecule has 1 aromatic rings. The lowest BCUT2D eigenvalue weighted by molar-refractivity contribution is -0.135. The van der Waals surface area contributed by atoms with E-state index in [-0.39, 0.29) is 23.8 Å². The van der Waals surface area contributed by atoms with E-state index in [4.69, 9.17) is 9.47 Å². The maximum absolute atomic E-state index is 13.2. The van der Waals surface area contributed by atoms with Gasteiger partial charge in [-0.25, -0.2) is 0 Å².